The van der Waals surface area contributed by atoms with Gasteiger partial charge in [-0.3, -0.25) is 4.98 Å². The van der Waals surface area contributed by atoms with Crippen molar-refractivity contribution in [3.05, 3.63) is 29.6 Å². The smallest absolute Gasteiger partial charge is 0.0352 e. The van der Waals surface area contributed by atoms with Crippen molar-refractivity contribution in [1.82, 2.24) is 10.3 Å². The van der Waals surface area contributed by atoms with Crippen LogP contribution in [0.15, 0.2) is 18.5 Å². The van der Waals surface area contributed by atoms with E-state index in [2.05, 4.69) is 50.3 Å². The fourth-order valence-corrected chi connectivity index (χ4v) is 4.15. The van der Waals surface area contributed by atoms with Gasteiger partial charge in [0, 0.05) is 18.4 Å². The Kier molecular flexibility index (Phi) is 6.22. The molecular weight excluding hydrogens is 256 g/mol. The molecule has 2 nitrogen and oxygen atoms in total. The molecule has 0 spiro atoms. The monoisotopic (exact) mass is 288 g/mol. The Labute approximate surface area is 130 Å². The van der Waals surface area contributed by atoms with Gasteiger partial charge in [0.1, 0.15) is 0 Å². The molecule has 3 atom stereocenters. The van der Waals surface area contributed by atoms with Crippen LogP contribution in [0.2, 0.25) is 0 Å². The van der Waals surface area contributed by atoms with E-state index in [1.807, 2.05) is 6.20 Å². The summed E-state index contributed by atoms with van der Waals surface area (Å²) in [6, 6.07) is 2.75. The molecule has 3 unspecified atom stereocenters. The zero-order valence-corrected chi connectivity index (χ0v) is 14.2. The molecule has 0 aromatic carbocycles. The topological polar surface area (TPSA) is 24.9 Å². The van der Waals surface area contributed by atoms with Crippen LogP contribution >= 0.6 is 0 Å². The van der Waals surface area contributed by atoms with Crippen LogP contribution in [0.5, 0.6) is 0 Å². The first-order valence-electron chi connectivity index (χ1n) is 8.81. The van der Waals surface area contributed by atoms with Crippen molar-refractivity contribution in [2.75, 3.05) is 6.54 Å². The Balaban J connectivity index is 2.24. The SMILES string of the molecule is CCCNC(c1ccncc1CC)C1CC(C)CC(C)C1. The number of hydrogen-bond acceptors (Lipinski definition) is 2. The van der Waals surface area contributed by atoms with E-state index in [1.54, 1.807) is 0 Å². The average molecular weight is 288 g/mol. The maximum absolute atomic E-state index is 4.33. The number of hydrogen-bond donors (Lipinski definition) is 1. The van der Waals surface area contributed by atoms with Crippen LogP contribution in [0.3, 0.4) is 0 Å². The molecule has 21 heavy (non-hydrogen) atoms. The molecule has 1 heterocycles. The van der Waals surface area contributed by atoms with Gasteiger partial charge in [0.15, 0.2) is 0 Å². The van der Waals surface area contributed by atoms with Crippen LogP contribution in [0.4, 0.5) is 0 Å². The Morgan fingerprint density at radius 2 is 1.90 bits per heavy atom. The van der Waals surface area contributed by atoms with Crippen molar-refractivity contribution in [3.63, 3.8) is 0 Å². The summed E-state index contributed by atoms with van der Waals surface area (Å²) in [5, 5.41) is 3.84. The van der Waals surface area contributed by atoms with Crippen molar-refractivity contribution >= 4 is 0 Å². The van der Waals surface area contributed by atoms with Crippen LogP contribution in [0, 0.1) is 17.8 Å². The second kappa shape index (κ2) is 7.93. The van der Waals surface area contributed by atoms with E-state index < -0.39 is 0 Å². The lowest BCUT2D eigenvalue weighted by Crippen LogP contribution is -2.34. The van der Waals surface area contributed by atoms with Crippen LogP contribution in [0.1, 0.15) is 70.5 Å². The largest absolute Gasteiger partial charge is 0.310 e. The number of rotatable bonds is 6. The summed E-state index contributed by atoms with van der Waals surface area (Å²) in [4.78, 5) is 4.33. The summed E-state index contributed by atoms with van der Waals surface area (Å²) in [6.07, 6.45) is 10.4. The Bertz CT molecular complexity index is 419. The third kappa shape index (κ3) is 4.29. The van der Waals surface area contributed by atoms with E-state index in [0.717, 1.165) is 30.7 Å². The predicted octanol–water partition coefficient (Wildman–Crippen LogP) is 4.76. The average Bonchev–Trinajstić information content (AvgIpc) is 2.47. The highest BCUT2D eigenvalue weighted by atomic mass is 14.9. The molecule has 0 radical (unpaired) electrons. The molecule has 0 amide bonds. The molecular formula is C19H32N2. The zero-order valence-electron chi connectivity index (χ0n) is 14.2. The Morgan fingerprint density at radius 3 is 2.52 bits per heavy atom. The minimum Gasteiger partial charge on any atom is -0.310 e. The van der Waals surface area contributed by atoms with E-state index in [-0.39, 0.29) is 0 Å². The van der Waals surface area contributed by atoms with Crippen molar-refractivity contribution in [3.8, 4) is 0 Å². The molecule has 118 valence electrons. The van der Waals surface area contributed by atoms with Crippen LogP contribution in [-0.2, 0) is 6.42 Å². The molecule has 1 saturated carbocycles. The fraction of sp³-hybridized carbons (Fsp3) is 0.737. The van der Waals surface area contributed by atoms with Gasteiger partial charge in [0.05, 0.1) is 0 Å². The van der Waals surface area contributed by atoms with Gasteiger partial charge in [-0.2, -0.15) is 0 Å². The lowest BCUT2D eigenvalue weighted by atomic mass is 9.72. The molecule has 1 fully saturated rings. The maximum atomic E-state index is 4.33. The molecule has 0 bridgehead atoms. The van der Waals surface area contributed by atoms with Crippen LogP contribution in [-0.4, -0.2) is 11.5 Å². The van der Waals surface area contributed by atoms with E-state index in [1.165, 1.54) is 36.8 Å². The number of pyridine rings is 1. The lowest BCUT2D eigenvalue weighted by Gasteiger charge is -2.38. The number of nitrogens with one attached hydrogen (secondary N) is 1. The van der Waals surface area contributed by atoms with Crippen LogP contribution < -0.4 is 5.32 Å². The fourth-order valence-electron chi connectivity index (χ4n) is 4.15. The molecule has 2 rings (SSSR count). The molecule has 1 aromatic heterocycles. The van der Waals surface area contributed by atoms with Gasteiger partial charge < -0.3 is 5.32 Å². The second-order valence-corrected chi connectivity index (χ2v) is 7.04. The highest BCUT2D eigenvalue weighted by Gasteiger charge is 2.31. The van der Waals surface area contributed by atoms with Crippen molar-refractivity contribution in [1.29, 1.82) is 0 Å². The molecule has 0 saturated heterocycles. The standard InChI is InChI=1S/C19H32N2/c1-5-8-21-19(17-11-14(3)10-15(4)12-17)18-7-9-20-13-16(18)6-2/h7,9,13-15,17,19,21H,5-6,8,10-12H2,1-4H3. The number of aromatic nitrogens is 1. The number of aryl methyl sites for hydroxylation is 1. The van der Waals surface area contributed by atoms with Crippen molar-refractivity contribution < 1.29 is 0 Å². The summed E-state index contributed by atoms with van der Waals surface area (Å²) >= 11 is 0. The molecule has 1 aliphatic rings. The summed E-state index contributed by atoms with van der Waals surface area (Å²) in [5.41, 5.74) is 2.91. The minimum absolute atomic E-state index is 0.508. The summed E-state index contributed by atoms with van der Waals surface area (Å²) < 4.78 is 0. The highest BCUT2D eigenvalue weighted by Crippen LogP contribution is 2.40. The van der Waals surface area contributed by atoms with Gasteiger partial charge in [0.2, 0.25) is 0 Å². The molecule has 1 aliphatic carbocycles. The summed E-state index contributed by atoms with van der Waals surface area (Å²) in [6.45, 7) is 10.4. The molecule has 0 aliphatic heterocycles. The quantitative estimate of drug-likeness (QED) is 0.816. The van der Waals surface area contributed by atoms with E-state index in [0.29, 0.717) is 6.04 Å². The summed E-state index contributed by atoms with van der Waals surface area (Å²) in [5.74, 6) is 2.48. The van der Waals surface area contributed by atoms with E-state index >= 15 is 0 Å². The first-order valence-corrected chi connectivity index (χ1v) is 8.81. The van der Waals surface area contributed by atoms with Crippen LogP contribution in [0.25, 0.3) is 0 Å². The Hall–Kier alpha value is -0.890. The highest BCUT2D eigenvalue weighted by molar-refractivity contribution is 5.27. The van der Waals surface area contributed by atoms with Gasteiger partial charge in [0.25, 0.3) is 0 Å². The third-order valence-corrected chi connectivity index (χ3v) is 4.96. The molecule has 1 N–H and O–H groups in total. The maximum Gasteiger partial charge on any atom is 0.0352 e. The van der Waals surface area contributed by atoms with Gasteiger partial charge in [-0.05, 0) is 73.6 Å². The van der Waals surface area contributed by atoms with E-state index in [4.69, 9.17) is 0 Å². The zero-order chi connectivity index (χ0) is 15.2. The first kappa shape index (κ1) is 16.5. The predicted molar refractivity (Wildman–Crippen MR) is 90.3 cm³/mol. The number of nitrogens with zero attached hydrogens (tertiary/aromatic N) is 1. The molecule has 1 aromatic rings. The van der Waals surface area contributed by atoms with Crippen molar-refractivity contribution in [2.24, 2.45) is 17.8 Å². The minimum atomic E-state index is 0.508. The molecule has 2 heteroatoms. The van der Waals surface area contributed by atoms with Gasteiger partial charge in [-0.1, -0.05) is 27.7 Å². The normalized spacial score (nSPS) is 27.5. The summed E-state index contributed by atoms with van der Waals surface area (Å²) in [7, 11) is 0. The second-order valence-electron chi connectivity index (χ2n) is 7.04. The van der Waals surface area contributed by atoms with Crippen molar-refractivity contribution in [2.45, 2.75) is 65.8 Å². The van der Waals surface area contributed by atoms with Gasteiger partial charge in [-0.15, -0.1) is 0 Å². The van der Waals surface area contributed by atoms with Gasteiger partial charge in [-0.25, -0.2) is 0 Å². The Morgan fingerprint density at radius 1 is 1.19 bits per heavy atom. The van der Waals surface area contributed by atoms with E-state index in [9.17, 15) is 0 Å². The first-order chi connectivity index (χ1) is 10.2. The van der Waals surface area contributed by atoms with Gasteiger partial charge >= 0.3 is 0 Å². The lowest BCUT2D eigenvalue weighted by molar-refractivity contribution is 0.176. The third-order valence-electron chi connectivity index (χ3n) is 4.96.